The van der Waals surface area contributed by atoms with Crippen LogP contribution in [0.1, 0.15) is 41.9 Å². The van der Waals surface area contributed by atoms with Crippen LogP contribution in [0.2, 0.25) is 0 Å². The summed E-state index contributed by atoms with van der Waals surface area (Å²) in [5.74, 6) is 1.07. The first-order valence-corrected chi connectivity index (χ1v) is 6.95. The van der Waals surface area contributed by atoms with Crippen molar-refractivity contribution in [3.05, 3.63) is 53.1 Å². The van der Waals surface area contributed by atoms with Gasteiger partial charge in [-0.2, -0.15) is 0 Å². The molecule has 0 aliphatic carbocycles. The van der Waals surface area contributed by atoms with Crippen molar-refractivity contribution < 1.29 is 0 Å². The lowest BCUT2D eigenvalue weighted by Gasteiger charge is -2.15. The van der Waals surface area contributed by atoms with Crippen LogP contribution in [0.4, 0.5) is 0 Å². The van der Waals surface area contributed by atoms with Crippen LogP contribution >= 0.6 is 0 Å². The number of aromatic amines is 1. The van der Waals surface area contributed by atoms with Crippen LogP contribution in [0.3, 0.4) is 0 Å². The van der Waals surface area contributed by atoms with Gasteiger partial charge in [0.15, 0.2) is 0 Å². The molecule has 0 spiro atoms. The molecule has 0 aliphatic rings. The number of benzene rings is 1. The van der Waals surface area contributed by atoms with Crippen LogP contribution in [-0.2, 0) is 6.42 Å². The molecule has 2 aromatic rings. The quantitative estimate of drug-likeness (QED) is 0.779. The highest BCUT2D eigenvalue weighted by Crippen LogP contribution is 2.16. The molecule has 19 heavy (non-hydrogen) atoms. The lowest BCUT2D eigenvalue weighted by molar-refractivity contribution is 0.554. The third-order valence-corrected chi connectivity index (χ3v) is 3.63. The molecule has 1 aromatic carbocycles. The molecule has 0 amide bonds. The lowest BCUT2D eigenvalue weighted by Crippen LogP contribution is -2.20. The maximum atomic E-state index is 4.23. The van der Waals surface area contributed by atoms with Crippen molar-refractivity contribution in [2.24, 2.45) is 0 Å². The molecule has 3 nitrogen and oxygen atoms in total. The van der Waals surface area contributed by atoms with Crippen molar-refractivity contribution in [1.29, 1.82) is 0 Å². The highest BCUT2D eigenvalue weighted by molar-refractivity contribution is 5.31. The van der Waals surface area contributed by atoms with E-state index in [1.165, 1.54) is 16.7 Å². The van der Waals surface area contributed by atoms with E-state index in [4.69, 9.17) is 0 Å². The van der Waals surface area contributed by atoms with E-state index in [-0.39, 0.29) is 0 Å². The van der Waals surface area contributed by atoms with Crippen LogP contribution in [0, 0.1) is 13.8 Å². The van der Waals surface area contributed by atoms with E-state index < -0.39 is 0 Å². The Morgan fingerprint density at radius 1 is 1.26 bits per heavy atom. The second kappa shape index (κ2) is 6.53. The van der Waals surface area contributed by atoms with Gasteiger partial charge in [-0.1, -0.05) is 18.2 Å². The number of H-pyrrole nitrogens is 1. The van der Waals surface area contributed by atoms with E-state index in [0.717, 1.165) is 25.2 Å². The monoisotopic (exact) mass is 257 g/mol. The molecule has 1 heterocycles. The largest absolute Gasteiger partial charge is 0.349 e. The molecule has 2 rings (SSSR count). The van der Waals surface area contributed by atoms with Crippen LogP contribution in [0.15, 0.2) is 30.6 Å². The summed E-state index contributed by atoms with van der Waals surface area (Å²) in [4.78, 5) is 7.36. The van der Waals surface area contributed by atoms with E-state index in [1.54, 1.807) is 6.20 Å². The highest BCUT2D eigenvalue weighted by atomic mass is 14.9. The molecule has 0 fully saturated rings. The van der Waals surface area contributed by atoms with Gasteiger partial charge < -0.3 is 10.3 Å². The third kappa shape index (κ3) is 3.93. The lowest BCUT2D eigenvalue weighted by atomic mass is 10.0. The summed E-state index contributed by atoms with van der Waals surface area (Å²) in [6.45, 7) is 7.55. The van der Waals surface area contributed by atoms with Crippen molar-refractivity contribution in [3.63, 3.8) is 0 Å². The molecule has 2 N–H and O–H groups in total. The number of hydrogen-bond acceptors (Lipinski definition) is 2. The van der Waals surface area contributed by atoms with Crippen molar-refractivity contribution in [3.8, 4) is 0 Å². The second-order valence-corrected chi connectivity index (χ2v) is 5.16. The standard InChI is InChI=1S/C16H23N3/c1-12-6-7-15(11-13(12)2)14(3)17-8-4-5-16-18-9-10-19-16/h6-7,9-11,14,17H,4-5,8H2,1-3H3,(H,18,19). The summed E-state index contributed by atoms with van der Waals surface area (Å²) in [6.07, 6.45) is 5.78. The van der Waals surface area contributed by atoms with Crippen molar-refractivity contribution in [1.82, 2.24) is 15.3 Å². The number of aromatic nitrogens is 2. The maximum absolute atomic E-state index is 4.23. The smallest absolute Gasteiger partial charge is 0.106 e. The molecule has 102 valence electrons. The molecule has 0 saturated carbocycles. The van der Waals surface area contributed by atoms with Crippen molar-refractivity contribution >= 4 is 0 Å². The first kappa shape index (κ1) is 13.8. The number of nitrogens with zero attached hydrogens (tertiary/aromatic N) is 1. The van der Waals surface area contributed by atoms with E-state index in [0.29, 0.717) is 6.04 Å². The van der Waals surface area contributed by atoms with Gasteiger partial charge in [-0.05, 0) is 50.4 Å². The SMILES string of the molecule is Cc1ccc(C(C)NCCCc2ncc[nH]2)cc1C. The normalized spacial score (nSPS) is 12.6. The van der Waals surface area contributed by atoms with Gasteiger partial charge in [-0.15, -0.1) is 0 Å². The predicted octanol–water partition coefficient (Wildman–Crippen LogP) is 3.31. The van der Waals surface area contributed by atoms with Crippen molar-refractivity contribution in [2.75, 3.05) is 6.54 Å². The summed E-state index contributed by atoms with van der Waals surface area (Å²) in [5.41, 5.74) is 4.08. The number of aryl methyl sites for hydroxylation is 3. The molecule has 0 aliphatic heterocycles. The molecular weight excluding hydrogens is 234 g/mol. The summed E-state index contributed by atoms with van der Waals surface area (Å²) in [6, 6.07) is 7.09. The Morgan fingerprint density at radius 2 is 2.11 bits per heavy atom. The summed E-state index contributed by atoms with van der Waals surface area (Å²) >= 11 is 0. The summed E-state index contributed by atoms with van der Waals surface area (Å²) in [7, 11) is 0. The van der Waals surface area contributed by atoms with Gasteiger partial charge in [-0.3, -0.25) is 0 Å². The van der Waals surface area contributed by atoms with Gasteiger partial charge in [0.05, 0.1) is 0 Å². The third-order valence-electron chi connectivity index (χ3n) is 3.63. The Hall–Kier alpha value is -1.61. The van der Waals surface area contributed by atoms with Gasteiger partial charge in [0, 0.05) is 24.9 Å². The fourth-order valence-electron chi connectivity index (χ4n) is 2.16. The first-order valence-electron chi connectivity index (χ1n) is 6.95. The Bertz CT molecular complexity index is 503. The van der Waals surface area contributed by atoms with E-state index in [9.17, 15) is 0 Å². The Morgan fingerprint density at radius 3 is 2.79 bits per heavy atom. The number of rotatable bonds is 6. The molecule has 1 atom stereocenters. The Labute approximate surface area is 115 Å². The predicted molar refractivity (Wildman–Crippen MR) is 79.2 cm³/mol. The summed E-state index contributed by atoms with van der Waals surface area (Å²) < 4.78 is 0. The topological polar surface area (TPSA) is 40.7 Å². The van der Waals surface area contributed by atoms with Crippen LogP contribution < -0.4 is 5.32 Å². The molecular formula is C16H23N3. The van der Waals surface area contributed by atoms with Crippen molar-refractivity contribution in [2.45, 2.75) is 39.7 Å². The van der Waals surface area contributed by atoms with Gasteiger partial charge in [0.2, 0.25) is 0 Å². The second-order valence-electron chi connectivity index (χ2n) is 5.16. The minimum atomic E-state index is 0.399. The van der Waals surface area contributed by atoms with Gasteiger partial charge in [-0.25, -0.2) is 4.98 Å². The average Bonchev–Trinajstić information content (AvgIpc) is 2.91. The first-order chi connectivity index (χ1) is 9.16. The number of imidazole rings is 1. The molecule has 0 radical (unpaired) electrons. The van der Waals surface area contributed by atoms with E-state index >= 15 is 0 Å². The molecule has 0 bridgehead atoms. The summed E-state index contributed by atoms with van der Waals surface area (Å²) in [5, 5.41) is 3.57. The minimum Gasteiger partial charge on any atom is -0.349 e. The number of nitrogens with one attached hydrogen (secondary N) is 2. The zero-order valence-corrected chi connectivity index (χ0v) is 12.0. The maximum Gasteiger partial charge on any atom is 0.106 e. The fourth-order valence-corrected chi connectivity index (χ4v) is 2.16. The Balaban J connectivity index is 1.77. The Kier molecular flexibility index (Phi) is 4.74. The zero-order chi connectivity index (χ0) is 13.7. The molecule has 3 heteroatoms. The van der Waals surface area contributed by atoms with E-state index in [1.807, 2.05) is 6.20 Å². The minimum absolute atomic E-state index is 0.399. The van der Waals surface area contributed by atoms with Gasteiger partial charge in [0.25, 0.3) is 0 Å². The number of hydrogen-bond donors (Lipinski definition) is 2. The molecule has 1 unspecified atom stereocenters. The average molecular weight is 257 g/mol. The highest BCUT2D eigenvalue weighted by Gasteiger charge is 2.05. The fraction of sp³-hybridized carbons (Fsp3) is 0.438. The van der Waals surface area contributed by atoms with Crippen LogP contribution in [0.25, 0.3) is 0 Å². The molecule has 0 saturated heterocycles. The molecule has 1 aromatic heterocycles. The van der Waals surface area contributed by atoms with E-state index in [2.05, 4.69) is 54.3 Å². The zero-order valence-electron chi connectivity index (χ0n) is 12.0. The van der Waals surface area contributed by atoms with Gasteiger partial charge in [0.1, 0.15) is 5.82 Å². The van der Waals surface area contributed by atoms with Gasteiger partial charge >= 0.3 is 0 Å². The van der Waals surface area contributed by atoms with Crippen LogP contribution in [0.5, 0.6) is 0 Å². The van der Waals surface area contributed by atoms with Crippen LogP contribution in [-0.4, -0.2) is 16.5 Å².